The number of nitro benzene ring substituents is 1. The summed E-state index contributed by atoms with van der Waals surface area (Å²) < 4.78 is 18.4. The van der Waals surface area contributed by atoms with Crippen molar-refractivity contribution in [1.29, 1.82) is 0 Å². The van der Waals surface area contributed by atoms with Gasteiger partial charge in [-0.2, -0.15) is 0 Å². The fraction of sp³-hybridized carbons (Fsp3) is 0.133. The van der Waals surface area contributed by atoms with Gasteiger partial charge in [0, 0.05) is 20.7 Å². The maximum atomic E-state index is 13.4. The number of nitro groups is 1. The molecule has 0 amide bonds. The third-order valence-electron chi connectivity index (χ3n) is 3.15. The summed E-state index contributed by atoms with van der Waals surface area (Å²) in [7, 11) is 1.04. The molecule has 0 fully saturated rings. The number of carbonyl (C=O) groups excluding carboxylic acids is 1. The quantitative estimate of drug-likeness (QED) is 0.315. The second-order valence-electron chi connectivity index (χ2n) is 4.69. The number of halogens is 3. The third kappa shape index (κ3) is 4.19. The zero-order valence-corrected chi connectivity index (χ0v) is 15.6. The van der Waals surface area contributed by atoms with Crippen LogP contribution in [0.1, 0.15) is 15.9 Å². The van der Waals surface area contributed by atoms with E-state index in [9.17, 15) is 19.3 Å². The fourth-order valence-electron chi connectivity index (χ4n) is 2.06. The van der Waals surface area contributed by atoms with E-state index in [1.54, 1.807) is 0 Å². The number of carbonyl (C=O) groups is 1. The maximum Gasteiger partial charge on any atom is 0.338 e. The molecule has 0 heterocycles. The Morgan fingerprint density at radius 3 is 2.75 bits per heavy atom. The maximum absolute atomic E-state index is 13.4. The van der Waals surface area contributed by atoms with Crippen LogP contribution < -0.4 is 5.19 Å². The van der Waals surface area contributed by atoms with E-state index in [0.717, 1.165) is 0 Å². The van der Waals surface area contributed by atoms with Crippen LogP contribution in [0.3, 0.4) is 0 Å². The van der Waals surface area contributed by atoms with Crippen molar-refractivity contribution in [2.45, 2.75) is 6.04 Å². The van der Waals surface area contributed by atoms with Crippen molar-refractivity contribution in [3.05, 3.63) is 66.9 Å². The molecule has 0 N–H and O–H groups in total. The molecule has 0 aliphatic rings. The van der Waals surface area contributed by atoms with Crippen LogP contribution in [0.25, 0.3) is 0 Å². The number of methoxy groups -OCH3 is 1. The monoisotopic (exact) mass is 429 g/mol. The normalized spacial score (nSPS) is 10.5. The minimum Gasteiger partial charge on any atom is -0.465 e. The molecule has 0 saturated carbocycles. The molecule has 9 heteroatoms. The summed E-state index contributed by atoms with van der Waals surface area (Å²) in [4.78, 5) is 22.7. The Kier molecular flexibility index (Phi) is 6.08. The Balaban J connectivity index is 2.45. The molecule has 124 valence electrons. The van der Waals surface area contributed by atoms with Crippen LogP contribution in [0.4, 0.5) is 10.1 Å². The van der Waals surface area contributed by atoms with Gasteiger partial charge in [0.05, 0.1) is 27.1 Å². The van der Waals surface area contributed by atoms with E-state index in [0.29, 0.717) is 15.1 Å². The molecule has 2 rings (SSSR count). The zero-order valence-electron chi connectivity index (χ0n) is 12.3. The highest BCUT2D eigenvalue weighted by Gasteiger charge is 2.24. The first-order valence-corrected chi connectivity index (χ1v) is 8.95. The zero-order chi connectivity index (χ0) is 17.9. The van der Waals surface area contributed by atoms with Gasteiger partial charge >= 0.3 is 5.97 Å². The van der Waals surface area contributed by atoms with Crippen LogP contribution in [0.5, 0.6) is 0 Å². The largest absolute Gasteiger partial charge is 0.465 e. The summed E-state index contributed by atoms with van der Waals surface area (Å²) in [5, 5.41) is 11.9. The van der Waals surface area contributed by atoms with E-state index in [-0.39, 0.29) is 32.0 Å². The number of rotatable bonds is 5. The van der Waals surface area contributed by atoms with Crippen LogP contribution in [0.15, 0.2) is 34.8 Å². The van der Waals surface area contributed by atoms with Gasteiger partial charge in [-0.1, -0.05) is 27.5 Å². The highest BCUT2D eigenvalue weighted by molar-refractivity contribution is 9.10. The smallest absolute Gasteiger partial charge is 0.338 e. The van der Waals surface area contributed by atoms with Gasteiger partial charge in [-0.25, -0.2) is 9.18 Å². The van der Waals surface area contributed by atoms with Crippen molar-refractivity contribution in [3.63, 3.8) is 0 Å². The molecular formula is C15H10BrClFNO4Si. The Morgan fingerprint density at radius 2 is 2.12 bits per heavy atom. The third-order valence-corrected chi connectivity index (χ3v) is 5.41. The Morgan fingerprint density at radius 1 is 1.42 bits per heavy atom. The molecule has 2 radical (unpaired) electrons. The molecule has 0 saturated heterocycles. The van der Waals surface area contributed by atoms with Crippen molar-refractivity contribution in [3.8, 4) is 0 Å². The fourth-order valence-corrected chi connectivity index (χ4v) is 4.17. The van der Waals surface area contributed by atoms with Crippen molar-refractivity contribution < 1.29 is 18.8 Å². The predicted octanol–water partition coefficient (Wildman–Crippen LogP) is 3.47. The second kappa shape index (κ2) is 7.87. The summed E-state index contributed by atoms with van der Waals surface area (Å²) in [6.45, 7) is 0. The molecule has 0 bridgehead atoms. The lowest BCUT2D eigenvalue weighted by atomic mass is 10.2. The van der Waals surface area contributed by atoms with E-state index in [4.69, 9.17) is 16.3 Å². The molecule has 2 aromatic carbocycles. The van der Waals surface area contributed by atoms with Crippen LogP contribution in [-0.2, 0) is 10.8 Å². The van der Waals surface area contributed by atoms with Gasteiger partial charge < -0.3 is 4.74 Å². The van der Waals surface area contributed by atoms with Gasteiger partial charge in [0.2, 0.25) is 0 Å². The van der Waals surface area contributed by atoms with Crippen LogP contribution in [-0.4, -0.2) is 27.5 Å². The second-order valence-corrected chi connectivity index (χ2v) is 7.22. The Bertz CT molecular complexity index is 818. The molecule has 0 aliphatic heterocycles. The van der Waals surface area contributed by atoms with Gasteiger partial charge in [0.15, 0.2) is 0 Å². The highest BCUT2D eigenvalue weighted by atomic mass is 79.9. The minimum atomic E-state index is -0.674. The lowest BCUT2D eigenvalue weighted by molar-refractivity contribution is -0.383. The SMILES string of the molecule is COC(=O)c1cc(Br)cc([N+](=O)[O-])c1[Si]Cc1cc(F)ccc1Cl. The molecule has 0 aromatic heterocycles. The minimum absolute atomic E-state index is 0.101. The van der Waals surface area contributed by atoms with E-state index in [1.807, 2.05) is 0 Å². The van der Waals surface area contributed by atoms with Crippen molar-refractivity contribution in [2.24, 2.45) is 0 Å². The number of ether oxygens (including phenoxy) is 1. The number of hydrogen-bond acceptors (Lipinski definition) is 4. The standard InChI is InChI=1S/C15H10BrClFNO4Si/c1-23-15(20)11-5-9(16)6-13(19(21)22)14(11)24-7-8-4-10(18)2-3-12(8)17/h2-6H,7H2,1H3. The van der Waals surface area contributed by atoms with Crippen LogP contribution in [0.2, 0.25) is 5.02 Å². The van der Waals surface area contributed by atoms with Gasteiger partial charge in [-0.15, -0.1) is 0 Å². The summed E-state index contributed by atoms with van der Waals surface area (Å²) >= 11 is 9.17. The Labute approximate surface area is 152 Å². The van der Waals surface area contributed by atoms with Gasteiger partial charge in [-0.05, 0) is 35.9 Å². The summed E-state index contributed by atoms with van der Waals surface area (Å²) in [5.74, 6) is -1.12. The van der Waals surface area contributed by atoms with Crippen LogP contribution in [0, 0.1) is 15.9 Å². The topological polar surface area (TPSA) is 69.4 Å². The summed E-state index contributed by atoms with van der Waals surface area (Å²) in [5.41, 5.74) is 0.420. The first kappa shape index (κ1) is 18.6. The first-order chi connectivity index (χ1) is 11.3. The van der Waals surface area contributed by atoms with Gasteiger partial charge in [-0.3, -0.25) is 10.1 Å². The molecular weight excluding hydrogens is 421 g/mol. The van der Waals surface area contributed by atoms with E-state index in [1.165, 1.54) is 37.4 Å². The molecule has 0 atom stereocenters. The summed E-state index contributed by atoms with van der Waals surface area (Å²) in [6.07, 6.45) is 0. The predicted molar refractivity (Wildman–Crippen MR) is 92.6 cm³/mol. The Hall–Kier alpha value is -1.77. The van der Waals surface area contributed by atoms with Crippen LogP contribution >= 0.6 is 27.5 Å². The molecule has 0 spiro atoms. The average molecular weight is 431 g/mol. The highest BCUT2D eigenvalue weighted by Crippen LogP contribution is 2.22. The molecule has 24 heavy (non-hydrogen) atoms. The average Bonchev–Trinajstić information content (AvgIpc) is 2.54. The van der Waals surface area contributed by atoms with Crippen molar-refractivity contribution in [2.75, 3.05) is 7.11 Å². The number of nitrogens with zero attached hydrogens (tertiary/aromatic N) is 1. The lowest BCUT2D eigenvalue weighted by Crippen LogP contribution is -2.28. The van der Waals surface area contributed by atoms with Gasteiger partial charge in [0.25, 0.3) is 5.69 Å². The van der Waals surface area contributed by atoms with E-state index in [2.05, 4.69) is 15.9 Å². The molecule has 2 aromatic rings. The number of esters is 1. The number of benzene rings is 2. The van der Waals surface area contributed by atoms with E-state index >= 15 is 0 Å². The molecule has 5 nitrogen and oxygen atoms in total. The molecule has 0 unspecified atom stereocenters. The van der Waals surface area contributed by atoms with Crippen molar-refractivity contribution in [1.82, 2.24) is 0 Å². The molecule has 0 aliphatic carbocycles. The van der Waals surface area contributed by atoms with Gasteiger partial charge in [0.1, 0.15) is 5.82 Å². The van der Waals surface area contributed by atoms with E-state index < -0.39 is 16.7 Å². The number of hydrogen-bond donors (Lipinski definition) is 0. The lowest BCUT2D eigenvalue weighted by Gasteiger charge is -2.10. The van der Waals surface area contributed by atoms with Crippen molar-refractivity contribution >= 4 is 53.9 Å². The summed E-state index contributed by atoms with van der Waals surface area (Å²) in [6, 6.07) is 6.99. The first-order valence-electron chi connectivity index (χ1n) is 6.57.